The number of halogens is 2. The third kappa shape index (κ3) is 2.98. The lowest BCUT2D eigenvalue weighted by Gasteiger charge is -2.11. The topological polar surface area (TPSA) is 78.0 Å². The number of aryl methyl sites for hydroxylation is 1. The Morgan fingerprint density at radius 3 is 2.58 bits per heavy atom. The molecule has 122 valence electrons. The van der Waals surface area contributed by atoms with Crippen LogP contribution in [0.1, 0.15) is 11.4 Å². The minimum Gasteiger partial charge on any atom is -0.292 e. The molecule has 0 amide bonds. The van der Waals surface area contributed by atoms with Gasteiger partial charge in [-0.05, 0) is 30.7 Å². The number of aromatic nitrogens is 2. The molecule has 0 fully saturated rings. The van der Waals surface area contributed by atoms with Crippen molar-refractivity contribution in [1.29, 1.82) is 0 Å². The fourth-order valence-electron chi connectivity index (χ4n) is 2.44. The van der Waals surface area contributed by atoms with E-state index in [4.69, 9.17) is 23.2 Å². The molecule has 3 aromatic rings. The third-order valence-electron chi connectivity index (χ3n) is 3.66. The Hall–Kier alpha value is -2.44. The fourth-order valence-corrected chi connectivity index (χ4v) is 2.76. The van der Waals surface area contributed by atoms with E-state index in [1.165, 1.54) is 22.8 Å². The number of fused-ring (bicyclic) bond motifs is 1. The molecule has 3 rings (SSSR count). The molecule has 0 saturated carbocycles. The molecule has 1 aromatic heterocycles. The minimum absolute atomic E-state index is 0.147. The van der Waals surface area contributed by atoms with Gasteiger partial charge in [0.1, 0.15) is 5.82 Å². The number of benzene rings is 2. The summed E-state index contributed by atoms with van der Waals surface area (Å²) in [5, 5.41) is 11.9. The maximum absolute atomic E-state index is 12.7. The highest BCUT2D eigenvalue weighted by Gasteiger charge is 2.13. The highest BCUT2D eigenvalue weighted by Crippen LogP contribution is 2.23. The van der Waals surface area contributed by atoms with Crippen molar-refractivity contribution < 1.29 is 4.92 Å². The molecule has 0 aliphatic carbocycles. The van der Waals surface area contributed by atoms with Crippen LogP contribution < -0.4 is 5.56 Å². The molecule has 0 spiro atoms. The van der Waals surface area contributed by atoms with Gasteiger partial charge in [-0.25, -0.2) is 4.98 Å². The number of non-ortho nitro benzene ring substituents is 1. The molecular formula is C16H11Cl2N3O3. The van der Waals surface area contributed by atoms with E-state index < -0.39 is 4.92 Å². The van der Waals surface area contributed by atoms with Crippen molar-refractivity contribution in [3.63, 3.8) is 0 Å². The summed E-state index contributed by atoms with van der Waals surface area (Å²) in [5.74, 6) is 0.507. The second-order valence-electron chi connectivity index (χ2n) is 5.26. The van der Waals surface area contributed by atoms with E-state index in [0.717, 1.165) is 5.56 Å². The molecule has 8 heteroatoms. The predicted molar refractivity (Wildman–Crippen MR) is 93.0 cm³/mol. The molecule has 0 bridgehead atoms. The molecule has 0 aliphatic rings. The van der Waals surface area contributed by atoms with E-state index in [2.05, 4.69) is 4.98 Å². The average molecular weight is 364 g/mol. The first-order valence-electron chi connectivity index (χ1n) is 6.96. The molecule has 1 heterocycles. The molecule has 24 heavy (non-hydrogen) atoms. The Kier molecular flexibility index (Phi) is 4.26. The largest absolute Gasteiger partial charge is 0.292 e. The van der Waals surface area contributed by atoms with E-state index in [1.807, 2.05) is 0 Å². The number of hydrogen-bond acceptors (Lipinski definition) is 4. The Morgan fingerprint density at radius 2 is 1.92 bits per heavy atom. The van der Waals surface area contributed by atoms with Crippen LogP contribution in [0.2, 0.25) is 10.0 Å². The van der Waals surface area contributed by atoms with Crippen molar-refractivity contribution in [3.05, 3.63) is 78.3 Å². The zero-order chi connectivity index (χ0) is 17.4. The minimum atomic E-state index is -0.540. The number of nitro groups is 1. The van der Waals surface area contributed by atoms with Crippen molar-refractivity contribution in [2.24, 2.45) is 0 Å². The van der Waals surface area contributed by atoms with Crippen LogP contribution in [0.15, 0.2) is 41.2 Å². The van der Waals surface area contributed by atoms with Gasteiger partial charge in [0, 0.05) is 12.1 Å². The van der Waals surface area contributed by atoms with Crippen LogP contribution in [-0.4, -0.2) is 14.5 Å². The second kappa shape index (κ2) is 6.22. The van der Waals surface area contributed by atoms with Crippen molar-refractivity contribution >= 4 is 39.8 Å². The summed E-state index contributed by atoms with van der Waals surface area (Å²) in [6.45, 7) is 1.95. The summed E-state index contributed by atoms with van der Waals surface area (Å²) < 4.78 is 1.45. The molecular weight excluding hydrogens is 353 g/mol. The lowest BCUT2D eigenvalue weighted by atomic mass is 10.2. The number of hydrogen-bond donors (Lipinski definition) is 0. The standard InChI is InChI=1S/C16H11Cl2N3O3/c1-9-19-15-5-3-11(21(23)24)7-12(15)16(22)20(9)8-10-2-4-13(17)14(18)6-10/h2-7H,8H2,1H3. The number of nitrogens with zero attached hydrogens (tertiary/aromatic N) is 3. The SMILES string of the molecule is Cc1nc2ccc([N+](=O)[O-])cc2c(=O)n1Cc1ccc(Cl)c(Cl)c1. The Balaban J connectivity index is 2.14. The van der Waals surface area contributed by atoms with E-state index in [1.54, 1.807) is 25.1 Å². The van der Waals surface area contributed by atoms with Gasteiger partial charge in [0.15, 0.2) is 0 Å². The van der Waals surface area contributed by atoms with Gasteiger partial charge in [0.25, 0.3) is 11.2 Å². The molecule has 0 N–H and O–H groups in total. The van der Waals surface area contributed by atoms with Crippen LogP contribution in [0.5, 0.6) is 0 Å². The van der Waals surface area contributed by atoms with Gasteiger partial charge in [-0.3, -0.25) is 19.5 Å². The summed E-state index contributed by atoms with van der Waals surface area (Å²) in [4.78, 5) is 27.5. The van der Waals surface area contributed by atoms with E-state index >= 15 is 0 Å². The predicted octanol–water partition coefficient (Wildman–Crippen LogP) is 3.97. The lowest BCUT2D eigenvalue weighted by Crippen LogP contribution is -2.24. The molecule has 0 radical (unpaired) electrons. The fraction of sp³-hybridized carbons (Fsp3) is 0.125. The van der Waals surface area contributed by atoms with Gasteiger partial charge in [0.05, 0.1) is 32.4 Å². The summed E-state index contributed by atoms with van der Waals surface area (Å²) in [6.07, 6.45) is 0. The molecule has 0 aliphatic heterocycles. The van der Waals surface area contributed by atoms with Gasteiger partial charge in [-0.15, -0.1) is 0 Å². The van der Waals surface area contributed by atoms with E-state index in [9.17, 15) is 14.9 Å². The summed E-state index contributed by atoms with van der Waals surface area (Å²) in [5.41, 5.74) is 0.716. The first kappa shape index (κ1) is 16.4. The zero-order valence-corrected chi connectivity index (χ0v) is 14.0. The zero-order valence-electron chi connectivity index (χ0n) is 12.5. The molecule has 0 unspecified atom stereocenters. The Morgan fingerprint density at radius 1 is 1.17 bits per heavy atom. The van der Waals surface area contributed by atoms with Crippen LogP contribution in [-0.2, 0) is 6.54 Å². The van der Waals surface area contributed by atoms with Gasteiger partial charge in [-0.2, -0.15) is 0 Å². The van der Waals surface area contributed by atoms with E-state index in [-0.39, 0.29) is 23.2 Å². The first-order valence-corrected chi connectivity index (χ1v) is 7.72. The van der Waals surface area contributed by atoms with Crippen molar-refractivity contribution in [3.8, 4) is 0 Å². The van der Waals surface area contributed by atoms with Crippen molar-refractivity contribution in [2.75, 3.05) is 0 Å². The van der Waals surface area contributed by atoms with Crippen LogP contribution in [0.4, 0.5) is 5.69 Å². The van der Waals surface area contributed by atoms with Crippen LogP contribution in [0.3, 0.4) is 0 Å². The Labute approximate surface area is 146 Å². The highest BCUT2D eigenvalue weighted by molar-refractivity contribution is 6.42. The van der Waals surface area contributed by atoms with Crippen molar-refractivity contribution in [1.82, 2.24) is 9.55 Å². The molecule has 0 atom stereocenters. The third-order valence-corrected chi connectivity index (χ3v) is 4.40. The smallest absolute Gasteiger partial charge is 0.270 e. The van der Waals surface area contributed by atoms with Gasteiger partial charge in [-0.1, -0.05) is 29.3 Å². The molecule has 2 aromatic carbocycles. The average Bonchev–Trinajstić information content (AvgIpc) is 2.54. The van der Waals surface area contributed by atoms with Crippen LogP contribution >= 0.6 is 23.2 Å². The lowest BCUT2D eigenvalue weighted by molar-refractivity contribution is -0.384. The number of nitro benzene ring substituents is 1. The monoisotopic (exact) mass is 363 g/mol. The summed E-state index contributed by atoms with van der Waals surface area (Å²) in [6, 6.07) is 9.14. The maximum Gasteiger partial charge on any atom is 0.270 e. The van der Waals surface area contributed by atoms with Crippen molar-refractivity contribution in [2.45, 2.75) is 13.5 Å². The van der Waals surface area contributed by atoms with Gasteiger partial charge < -0.3 is 0 Å². The van der Waals surface area contributed by atoms with E-state index in [0.29, 0.717) is 21.4 Å². The number of rotatable bonds is 3. The van der Waals surface area contributed by atoms with Crippen LogP contribution in [0.25, 0.3) is 10.9 Å². The Bertz CT molecular complexity index is 1030. The van der Waals surface area contributed by atoms with Gasteiger partial charge in [0.2, 0.25) is 0 Å². The maximum atomic E-state index is 12.7. The molecule has 6 nitrogen and oxygen atoms in total. The normalized spacial score (nSPS) is 11.0. The highest BCUT2D eigenvalue weighted by atomic mass is 35.5. The first-order chi connectivity index (χ1) is 11.4. The second-order valence-corrected chi connectivity index (χ2v) is 6.07. The van der Waals surface area contributed by atoms with Gasteiger partial charge >= 0.3 is 0 Å². The summed E-state index contributed by atoms with van der Waals surface area (Å²) in [7, 11) is 0. The summed E-state index contributed by atoms with van der Waals surface area (Å²) >= 11 is 11.9. The molecule has 0 saturated heterocycles. The quantitative estimate of drug-likeness (QED) is 0.520. The van der Waals surface area contributed by atoms with Crippen LogP contribution in [0, 0.1) is 17.0 Å².